The van der Waals surface area contributed by atoms with Crippen LogP contribution in [0, 0.1) is 0 Å². The predicted molar refractivity (Wildman–Crippen MR) is 72.2 cm³/mol. The van der Waals surface area contributed by atoms with Gasteiger partial charge >= 0.3 is 42.0 Å². The van der Waals surface area contributed by atoms with Crippen LogP contribution in [-0.2, 0) is 16.6 Å². The lowest BCUT2D eigenvalue weighted by atomic mass is 9.92. The number of rotatable bonds is 6. The SMILES string of the molecule is CCOC(=O)c1cc(C(F)(F)C(F)(F)C(F)(F)F)cc(C(F)(F)C(F)(F)C(F)(F)F)c1. The Hall–Kier alpha value is -2.29. The Kier molecular flexibility index (Phi) is 6.63. The fourth-order valence-corrected chi connectivity index (χ4v) is 2.04. The Morgan fingerprint density at radius 2 is 1.00 bits per heavy atom. The third-order valence-electron chi connectivity index (χ3n) is 3.67. The molecule has 0 bridgehead atoms. The molecule has 16 heteroatoms. The Morgan fingerprint density at radius 1 is 0.677 bits per heavy atom. The van der Waals surface area contributed by atoms with Gasteiger partial charge < -0.3 is 4.74 Å². The van der Waals surface area contributed by atoms with Crippen molar-refractivity contribution in [2.75, 3.05) is 6.61 Å². The summed E-state index contributed by atoms with van der Waals surface area (Å²) in [5, 5.41) is 0. The van der Waals surface area contributed by atoms with E-state index in [1.807, 2.05) is 0 Å². The molecule has 0 atom stereocenters. The van der Waals surface area contributed by atoms with E-state index in [2.05, 4.69) is 4.74 Å². The van der Waals surface area contributed by atoms with Crippen LogP contribution in [0.15, 0.2) is 18.2 Å². The molecule has 0 amide bonds. The molecule has 31 heavy (non-hydrogen) atoms. The maximum Gasteiger partial charge on any atom is 0.460 e. The number of carbonyl (C=O) groups excluding carboxylic acids is 1. The molecule has 0 aromatic heterocycles. The van der Waals surface area contributed by atoms with Gasteiger partial charge in [0.2, 0.25) is 0 Å². The molecule has 0 aliphatic carbocycles. The molecule has 2 nitrogen and oxygen atoms in total. The summed E-state index contributed by atoms with van der Waals surface area (Å²) in [5.41, 5.74) is -7.27. The van der Waals surface area contributed by atoms with E-state index in [1.165, 1.54) is 0 Å². The van der Waals surface area contributed by atoms with Crippen LogP contribution in [0.5, 0.6) is 0 Å². The van der Waals surface area contributed by atoms with Crippen molar-refractivity contribution < 1.29 is 71.0 Å². The summed E-state index contributed by atoms with van der Waals surface area (Å²) < 4.78 is 187. The maximum atomic E-state index is 13.9. The van der Waals surface area contributed by atoms with Gasteiger partial charge in [0.1, 0.15) is 0 Å². The average Bonchev–Trinajstić information content (AvgIpc) is 2.59. The smallest absolute Gasteiger partial charge is 0.460 e. The second-order valence-electron chi connectivity index (χ2n) is 5.81. The van der Waals surface area contributed by atoms with Crippen LogP contribution in [0.25, 0.3) is 0 Å². The van der Waals surface area contributed by atoms with Crippen molar-refractivity contribution in [1.29, 1.82) is 0 Å². The first-order chi connectivity index (χ1) is 13.6. The summed E-state index contributed by atoms with van der Waals surface area (Å²) in [4.78, 5) is 11.6. The second kappa shape index (κ2) is 7.69. The zero-order valence-electron chi connectivity index (χ0n) is 14.5. The van der Waals surface area contributed by atoms with E-state index in [4.69, 9.17) is 0 Å². The van der Waals surface area contributed by atoms with Crippen LogP contribution in [-0.4, -0.2) is 36.8 Å². The number of ether oxygens (including phenoxy) is 1. The molecule has 0 radical (unpaired) electrons. The summed E-state index contributed by atoms with van der Waals surface area (Å²) >= 11 is 0. The van der Waals surface area contributed by atoms with Gasteiger partial charge in [-0.15, -0.1) is 0 Å². The van der Waals surface area contributed by atoms with E-state index >= 15 is 0 Å². The molecule has 0 saturated heterocycles. The fraction of sp³-hybridized carbons (Fsp3) is 0.533. The number of esters is 1. The van der Waals surface area contributed by atoms with Crippen LogP contribution in [0.3, 0.4) is 0 Å². The van der Waals surface area contributed by atoms with Crippen molar-refractivity contribution in [2.45, 2.75) is 43.0 Å². The minimum Gasteiger partial charge on any atom is -0.462 e. The quantitative estimate of drug-likeness (QED) is 0.342. The van der Waals surface area contributed by atoms with Crippen molar-refractivity contribution in [3.63, 3.8) is 0 Å². The molecule has 1 rings (SSSR count). The first-order valence-electron chi connectivity index (χ1n) is 7.53. The molecule has 0 heterocycles. The van der Waals surface area contributed by atoms with Crippen LogP contribution < -0.4 is 0 Å². The molecule has 0 N–H and O–H groups in total. The lowest BCUT2D eigenvalue weighted by Gasteiger charge is -2.31. The number of carbonyl (C=O) groups is 1. The second-order valence-corrected chi connectivity index (χ2v) is 5.81. The number of benzene rings is 1. The minimum absolute atomic E-state index is 0.525. The zero-order chi connectivity index (χ0) is 24.8. The minimum atomic E-state index is -7.00. The lowest BCUT2D eigenvalue weighted by Crippen LogP contribution is -2.51. The highest BCUT2D eigenvalue weighted by Gasteiger charge is 2.75. The summed E-state index contributed by atoms with van der Waals surface area (Å²) in [6.45, 7) is 0.379. The molecule has 0 spiro atoms. The highest BCUT2D eigenvalue weighted by atomic mass is 19.4. The predicted octanol–water partition coefficient (Wildman–Crippen LogP) is 6.44. The van der Waals surface area contributed by atoms with Crippen LogP contribution >= 0.6 is 0 Å². The Morgan fingerprint density at radius 3 is 1.26 bits per heavy atom. The molecular formula is C15H8F14O2. The molecule has 0 fully saturated rings. The van der Waals surface area contributed by atoms with Crippen molar-refractivity contribution in [2.24, 2.45) is 0 Å². The highest BCUT2D eigenvalue weighted by molar-refractivity contribution is 5.90. The van der Waals surface area contributed by atoms with Gasteiger partial charge in [-0.2, -0.15) is 61.5 Å². The highest BCUT2D eigenvalue weighted by Crippen LogP contribution is 2.55. The Bertz CT molecular complexity index is 766. The van der Waals surface area contributed by atoms with Gasteiger partial charge in [0.15, 0.2) is 0 Å². The van der Waals surface area contributed by atoms with Crippen molar-refractivity contribution in [3.05, 3.63) is 34.9 Å². The van der Waals surface area contributed by atoms with Gasteiger partial charge in [-0.25, -0.2) is 4.79 Å². The lowest BCUT2D eigenvalue weighted by molar-refractivity contribution is -0.361. The molecule has 0 saturated carbocycles. The molecule has 0 unspecified atom stereocenters. The average molecular weight is 486 g/mol. The number of halogens is 14. The van der Waals surface area contributed by atoms with Gasteiger partial charge in [-0.3, -0.25) is 0 Å². The van der Waals surface area contributed by atoms with Gasteiger partial charge in [0, 0.05) is 11.1 Å². The number of alkyl halides is 14. The van der Waals surface area contributed by atoms with Crippen LogP contribution in [0.2, 0.25) is 0 Å². The molecule has 0 aliphatic heterocycles. The fourth-order valence-electron chi connectivity index (χ4n) is 2.04. The monoisotopic (exact) mass is 486 g/mol. The summed E-state index contributed by atoms with van der Waals surface area (Å²) in [6.07, 6.45) is -14.0. The Labute approximate surface area is 162 Å². The van der Waals surface area contributed by atoms with Crippen LogP contribution in [0.1, 0.15) is 28.4 Å². The van der Waals surface area contributed by atoms with Gasteiger partial charge in [0.25, 0.3) is 0 Å². The Balaban J connectivity index is 3.90. The van der Waals surface area contributed by atoms with Gasteiger partial charge in [-0.1, -0.05) is 0 Å². The van der Waals surface area contributed by atoms with Gasteiger partial charge in [-0.05, 0) is 25.1 Å². The first-order valence-corrected chi connectivity index (χ1v) is 7.53. The number of hydrogen-bond acceptors (Lipinski definition) is 2. The molecule has 1 aromatic carbocycles. The van der Waals surface area contributed by atoms with E-state index in [0.717, 1.165) is 6.92 Å². The van der Waals surface area contributed by atoms with Crippen molar-refractivity contribution in [3.8, 4) is 0 Å². The van der Waals surface area contributed by atoms with Crippen LogP contribution in [0.4, 0.5) is 61.5 Å². The first kappa shape index (κ1) is 26.7. The van der Waals surface area contributed by atoms with E-state index in [-0.39, 0.29) is 0 Å². The molecule has 1 aromatic rings. The van der Waals surface area contributed by atoms with E-state index in [9.17, 15) is 66.3 Å². The standard InChI is InChI=1S/C15H8F14O2/c1-2-31-9(30)6-3-7(10(16,17)12(20,21)14(24,25)26)5-8(4-6)11(18,19)13(22,23)15(27,28)29/h3-5H,2H2,1H3. The zero-order valence-corrected chi connectivity index (χ0v) is 14.5. The van der Waals surface area contributed by atoms with E-state index in [1.54, 1.807) is 0 Å². The molecule has 178 valence electrons. The van der Waals surface area contributed by atoms with Gasteiger partial charge in [0.05, 0.1) is 12.2 Å². The van der Waals surface area contributed by atoms with E-state index in [0.29, 0.717) is 0 Å². The number of hydrogen-bond donors (Lipinski definition) is 0. The largest absolute Gasteiger partial charge is 0.462 e. The maximum absolute atomic E-state index is 13.9. The third-order valence-corrected chi connectivity index (χ3v) is 3.67. The summed E-state index contributed by atoms with van der Waals surface area (Å²) in [5.74, 6) is -28.9. The normalized spacial score (nSPS) is 14.5. The van der Waals surface area contributed by atoms with Crippen molar-refractivity contribution in [1.82, 2.24) is 0 Å². The van der Waals surface area contributed by atoms with Crippen molar-refractivity contribution >= 4 is 5.97 Å². The summed E-state index contributed by atoms with van der Waals surface area (Å²) in [6, 6.07) is -2.16. The van der Waals surface area contributed by atoms with E-state index < -0.39 is 83.5 Å². The third kappa shape index (κ3) is 4.37. The molecular weight excluding hydrogens is 478 g/mol. The molecule has 0 aliphatic rings. The topological polar surface area (TPSA) is 26.3 Å². The summed E-state index contributed by atoms with van der Waals surface area (Å²) in [7, 11) is 0.